The monoisotopic (exact) mass is 877 g/mol. The maximum atomic E-state index is 12.8. The van der Waals surface area contributed by atoms with E-state index in [0.717, 1.165) is 38.5 Å². The number of rotatable bonds is 41. The van der Waals surface area contributed by atoms with Crippen molar-refractivity contribution in [1.29, 1.82) is 0 Å². The van der Waals surface area contributed by atoms with E-state index < -0.39 is 71.2 Å². The van der Waals surface area contributed by atoms with Gasteiger partial charge in [0, 0.05) is 12.8 Å². The second-order valence-corrected chi connectivity index (χ2v) is 18.6. The molecule has 1 rings (SSSR count). The van der Waals surface area contributed by atoms with Gasteiger partial charge in [-0.05, 0) is 38.5 Å². The molecule has 1 heterocycles. The number of hydrogen-bond acceptors (Lipinski definition) is 11. The second kappa shape index (κ2) is 37.9. The summed E-state index contributed by atoms with van der Waals surface area (Å²) in [5.74, 6) is -1.97. The molecule has 12 nitrogen and oxygen atoms in total. The largest absolute Gasteiger partial charge is 0.462 e. The zero-order valence-electron chi connectivity index (χ0n) is 37.8. The number of allylic oxidation sites excluding steroid dienone is 2. The van der Waals surface area contributed by atoms with Gasteiger partial charge in [-0.25, -0.2) is 0 Å². The second-order valence-electron chi connectivity index (χ2n) is 17.1. The molecule has 1 aliphatic heterocycles. The summed E-state index contributed by atoms with van der Waals surface area (Å²) in [6, 6.07) is 0. The molecule has 0 spiro atoms. The van der Waals surface area contributed by atoms with Crippen LogP contribution in [0.4, 0.5) is 0 Å². The fourth-order valence-electron chi connectivity index (χ4n) is 7.56. The van der Waals surface area contributed by atoms with Gasteiger partial charge in [0.15, 0.2) is 12.4 Å². The minimum absolute atomic E-state index is 0.166. The van der Waals surface area contributed by atoms with Crippen LogP contribution in [0.15, 0.2) is 12.2 Å². The Labute approximate surface area is 365 Å². The first-order valence-corrected chi connectivity index (χ1v) is 25.9. The summed E-state index contributed by atoms with van der Waals surface area (Å²) < 4.78 is 54.1. The Kier molecular flexibility index (Phi) is 35.6. The van der Waals surface area contributed by atoms with Gasteiger partial charge in [-0.2, -0.15) is 8.42 Å². The summed E-state index contributed by atoms with van der Waals surface area (Å²) in [7, 11) is -4.60. The zero-order chi connectivity index (χ0) is 44.1. The number of hydrogen-bond donors (Lipinski definition) is 4. The zero-order valence-corrected chi connectivity index (χ0v) is 38.6. The molecule has 1 aliphatic rings. The van der Waals surface area contributed by atoms with Gasteiger partial charge in [-0.15, -0.1) is 0 Å². The molecule has 0 amide bonds. The molecule has 0 aromatic carbocycles. The summed E-state index contributed by atoms with van der Waals surface area (Å²) >= 11 is 0. The van der Waals surface area contributed by atoms with Gasteiger partial charge in [-0.1, -0.05) is 180 Å². The van der Waals surface area contributed by atoms with Crippen LogP contribution in [0.25, 0.3) is 0 Å². The summed E-state index contributed by atoms with van der Waals surface area (Å²) in [4.78, 5) is 25.4. The standard InChI is InChI=1S/C47H88O12S/c1-3-5-7-9-11-13-15-17-19-20-22-24-26-28-30-32-34-36-43(49)58-40(38-57-47-46(52)45(51)44(50)41(59-47)39-60(53,54)55)37-56-42(48)35-33-31-29-27-25-23-21-18-16-14-12-10-8-6-4-2/h13,15,40-41,44-47,50-52H,3-12,14,16-39H2,1-2H3,(H,53,54,55)/b15-13+/t40-,41-,44-,45?,46?,47+/m1/s1. The highest BCUT2D eigenvalue weighted by molar-refractivity contribution is 7.85. The van der Waals surface area contributed by atoms with Crippen molar-refractivity contribution in [2.24, 2.45) is 0 Å². The van der Waals surface area contributed by atoms with E-state index in [-0.39, 0.29) is 19.4 Å². The molecule has 0 aromatic heterocycles. The molecule has 60 heavy (non-hydrogen) atoms. The Morgan fingerprint density at radius 3 is 1.40 bits per heavy atom. The summed E-state index contributed by atoms with van der Waals surface area (Å²) in [6.07, 6.45) is 31.0. The average molecular weight is 877 g/mol. The van der Waals surface area contributed by atoms with Crippen LogP contribution in [0, 0.1) is 0 Å². The fraction of sp³-hybridized carbons (Fsp3) is 0.915. The minimum atomic E-state index is -4.60. The van der Waals surface area contributed by atoms with Crippen molar-refractivity contribution in [3.63, 3.8) is 0 Å². The quantitative estimate of drug-likeness (QED) is 0.0197. The Bertz CT molecular complexity index is 1170. The minimum Gasteiger partial charge on any atom is -0.462 e. The predicted octanol–water partition coefficient (Wildman–Crippen LogP) is 10.2. The van der Waals surface area contributed by atoms with E-state index in [9.17, 15) is 37.9 Å². The third kappa shape index (κ3) is 32.1. The molecule has 6 atom stereocenters. The summed E-state index contributed by atoms with van der Waals surface area (Å²) in [5.41, 5.74) is 0. The van der Waals surface area contributed by atoms with Gasteiger partial charge in [0.2, 0.25) is 0 Å². The molecule has 13 heteroatoms. The van der Waals surface area contributed by atoms with Crippen molar-refractivity contribution >= 4 is 22.1 Å². The normalized spacial score (nSPS) is 20.1. The Morgan fingerprint density at radius 2 is 0.950 bits per heavy atom. The molecule has 4 N–H and O–H groups in total. The van der Waals surface area contributed by atoms with Crippen LogP contribution in [0.1, 0.15) is 219 Å². The van der Waals surface area contributed by atoms with E-state index in [1.165, 1.54) is 141 Å². The SMILES string of the molecule is CCCCCC/C=C/CCCCCCCCCCCC(=O)O[C@H](COC(=O)CCCCCCCCCCCCCCCCC)CO[C@H]1O[C@H](CS(=O)(=O)O)[C@@H](O)C(O)C1O. The van der Waals surface area contributed by atoms with Crippen molar-refractivity contribution in [2.75, 3.05) is 19.0 Å². The first kappa shape index (κ1) is 56.4. The number of aliphatic hydroxyl groups is 3. The topological polar surface area (TPSA) is 186 Å². The molecule has 0 radical (unpaired) electrons. The lowest BCUT2D eigenvalue weighted by molar-refractivity contribution is -0.297. The van der Waals surface area contributed by atoms with Crippen LogP contribution in [-0.2, 0) is 38.7 Å². The van der Waals surface area contributed by atoms with Gasteiger partial charge >= 0.3 is 11.9 Å². The third-order valence-electron chi connectivity index (χ3n) is 11.3. The van der Waals surface area contributed by atoms with Crippen molar-refractivity contribution in [1.82, 2.24) is 0 Å². The summed E-state index contributed by atoms with van der Waals surface area (Å²) in [6.45, 7) is 3.77. The van der Waals surface area contributed by atoms with E-state index >= 15 is 0 Å². The number of esters is 2. The van der Waals surface area contributed by atoms with E-state index in [2.05, 4.69) is 26.0 Å². The van der Waals surface area contributed by atoms with Crippen LogP contribution in [0.3, 0.4) is 0 Å². The lowest BCUT2D eigenvalue weighted by Crippen LogP contribution is -2.60. The Balaban J connectivity index is 2.40. The maximum Gasteiger partial charge on any atom is 0.306 e. The van der Waals surface area contributed by atoms with E-state index in [1.54, 1.807) is 0 Å². The third-order valence-corrected chi connectivity index (χ3v) is 12.1. The van der Waals surface area contributed by atoms with Crippen LogP contribution < -0.4 is 0 Å². The lowest BCUT2D eigenvalue weighted by atomic mass is 10.00. The van der Waals surface area contributed by atoms with Crippen molar-refractivity contribution < 1.29 is 56.8 Å². The van der Waals surface area contributed by atoms with Crippen molar-refractivity contribution in [3.05, 3.63) is 12.2 Å². The molecule has 0 bridgehead atoms. The summed E-state index contributed by atoms with van der Waals surface area (Å²) in [5, 5.41) is 30.9. The molecular formula is C47H88O12S. The smallest absolute Gasteiger partial charge is 0.306 e. The Morgan fingerprint density at radius 1 is 0.550 bits per heavy atom. The highest BCUT2D eigenvalue weighted by atomic mass is 32.2. The predicted molar refractivity (Wildman–Crippen MR) is 238 cm³/mol. The number of ether oxygens (including phenoxy) is 4. The van der Waals surface area contributed by atoms with Crippen molar-refractivity contribution in [3.8, 4) is 0 Å². The lowest BCUT2D eigenvalue weighted by Gasteiger charge is -2.40. The highest BCUT2D eigenvalue weighted by Crippen LogP contribution is 2.24. The van der Waals surface area contributed by atoms with Crippen LogP contribution in [0.5, 0.6) is 0 Å². The molecule has 354 valence electrons. The first-order chi connectivity index (χ1) is 29.0. The molecular weight excluding hydrogens is 789 g/mol. The average Bonchev–Trinajstić information content (AvgIpc) is 3.21. The molecule has 0 aromatic rings. The van der Waals surface area contributed by atoms with E-state index in [1.807, 2.05) is 0 Å². The van der Waals surface area contributed by atoms with Gasteiger partial charge in [0.05, 0.1) is 6.61 Å². The molecule has 1 fully saturated rings. The maximum absolute atomic E-state index is 12.8. The highest BCUT2D eigenvalue weighted by Gasteiger charge is 2.46. The number of carbonyl (C=O) groups excluding carboxylic acids is 2. The van der Waals surface area contributed by atoms with Gasteiger partial charge in [0.25, 0.3) is 10.1 Å². The van der Waals surface area contributed by atoms with Crippen LogP contribution in [-0.4, -0.2) is 96.0 Å². The number of aliphatic hydroxyl groups excluding tert-OH is 3. The van der Waals surface area contributed by atoms with Crippen LogP contribution in [0.2, 0.25) is 0 Å². The fourth-order valence-corrected chi connectivity index (χ4v) is 8.25. The molecule has 0 aliphatic carbocycles. The number of carbonyl (C=O) groups is 2. The van der Waals surface area contributed by atoms with Crippen LogP contribution >= 0.6 is 0 Å². The molecule has 0 saturated carbocycles. The van der Waals surface area contributed by atoms with E-state index in [4.69, 9.17) is 18.9 Å². The van der Waals surface area contributed by atoms with E-state index in [0.29, 0.717) is 12.8 Å². The molecule has 1 saturated heterocycles. The Hall–Kier alpha value is -1.61. The number of unbranched alkanes of at least 4 members (excludes halogenated alkanes) is 27. The molecule has 2 unspecified atom stereocenters. The van der Waals surface area contributed by atoms with Gasteiger partial charge in [0.1, 0.15) is 36.8 Å². The van der Waals surface area contributed by atoms with Gasteiger partial charge in [-0.3, -0.25) is 14.1 Å². The first-order valence-electron chi connectivity index (χ1n) is 24.2. The van der Waals surface area contributed by atoms with Crippen molar-refractivity contribution in [2.45, 2.75) is 256 Å². The van der Waals surface area contributed by atoms with Gasteiger partial charge < -0.3 is 34.3 Å².